The van der Waals surface area contributed by atoms with Crippen molar-refractivity contribution in [1.82, 2.24) is 0 Å². The van der Waals surface area contributed by atoms with Crippen molar-refractivity contribution in [1.29, 1.82) is 0 Å². The summed E-state index contributed by atoms with van der Waals surface area (Å²) in [5, 5.41) is 7.57. The zero-order chi connectivity index (χ0) is 7.98. The van der Waals surface area contributed by atoms with Crippen LogP contribution in [0.4, 0.5) is 9.59 Å². The number of ether oxygens (including phenoxy) is 2. The molecule has 0 saturated carbocycles. The molecule has 1 N–H and O–H groups in total. The average Bonchev–Trinajstić information content (AvgIpc) is 1.88. The Kier molecular flexibility index (Phi) is 3.97. The van der Waals surface area contributed by atoms with E-state index in [2.05, 4.69) is 14.4 Å². The molecular formula is C4H6O6. The van der Waals surface area contributed by atoms with Gasteiger partial charge in [0, 0.05) is 0 Å². The standard InChI is InChI=1S/C4H6O6/c1-2-8-3(5)9-4(6)10-7/h7H,2H2,1H3. The SMILES string of the molecule is CCOC(=O)OC(=O)OO. The average molecular weight is 150 g/mol. The van der Waals surface area contributed by atoms with Crippen molar-refractivity contribution < 1.29 is 29.2 Å². The van der Waals surface area contributed by atoms with Crippen molar-refractivity contribution in [2.45, 2.75) is 6.92 Å². The smallest absolute Gasteiger partial charge is 0.434 e. The fourth-order valence-electron chi connectivity index (χ4n) is 0.234. The summed E-state index contributed by atoms with van der Waals surface area (Å²) in [6.45, 7) is 1.61. The summed E-state index contributed by atoms with van der Waals surface area (Å²) in [4.78, 5) is 23.1. The largest absolute Gasteiger partial charge is 0.550 e. The molecule has 0 rings (SSSR count). The first-order valence-corrected chi connectivity index (χ1v) is 2.40. The van der Waals surface area contributed by atoms with Gasteiger partial charge in [-0.3, -0.25) is 4.89 Å². The molecule has 0 unspecified atom stereocenters. The normalized spacial score (nSPS) is 8.20. The van der Waals surface area contributed by atoms with Crippen LogP contribution in [0.3, 0.4) is 0 Å². The second-order valence-corrected chi connectivity index (χ2v) is 1.13. The second kappa shape index (κ2) is 4.57. The lowest BCUT2D eigenvalue weighted by Crippen LogP contribution is -2.13. The molecule has 0 aromatic heterocycles. The van der Waals surface area contributed by atoms with E-state index in [4.69, 9.17) is 5.26 Å². The zero-order valence-corrected chi connectivity index (χ0v) is 5.20. The molecule has 0 spiro atoms. The van der Waals surface area contributed by atoms with Crippen molar-refractivity contribution in [2.75, 3.05) is 6.61 Å². The summed E-state index contributed by atoms with van der Waals surface area (Å²) in [6.07, 6.45) is -2.72. The maximum atomic E-state index is 10.2. The Morgan fingerprint density at radius 3 is 2.40 bits per heavy atom. The molecule has 6 nitrogen and oxygen atoms in total. The third kappa shape index (κ3) is 3.67. The van der Waals surface area contributed by atoms with Crippen LogP contribution >= 0.6 is 0 Å². The maximum Gasteiger partial charge on any atom is 0.550 e. The predicted molar refractivity (Wildman–Crippen MR) is 27.2 cm³/mol. The van der Waals surface area contributed by atoms with E-state index in [1.165, 1.54) is 6.92 Å². The highest BCUT2D eigenvalue weighted by atomic mass is 17.2. The molecule has 0 aliphatic carbocycles. The van der Waals surface area contributed by atoms with Crippen LogP contribution in [0.15, 0.2) is 0 Å². The van der Waals surface area contributed by atoms with Crippen LogP contribution in [-0.4, -0.2) is 24.2 Å². The minimum atomic E-state index is -1.52. The van der Waals surface area contributed by atoms with Gasteiger partial charge in [-0.2, -0.15) is 5.26 Å². The lowest BCUT2D eigenvalue weighted by molar-refractivity contribution is -0.196. The monoisotopic (exact) mass is 150 g/mol. The summed E-state index contributed by atoms with van der Waals surface area (Å²) in [5.74, 6) is 0. The van der Waals surface area contributed by atoms with Crippen molar-refractivity contribution >= 4 is 12.3 Å². The molecule has 0 fully saturated rings. The summed E-state index contributed by atoms with van der Waals surface area (Å²) >= 11 is 0. The number of rotatable bonds is 1. The number of hydrogen-bond acceptors (Lipinski definition) is 6. The lowest BCUT2D eigenvalue weighted by Gasteiger charge is -1.97. The van der Waals surface area contributed by atoms with Crippen molar-refractivity contribution in [3.8, 4) is 0 Å². The van der Waals surface area contributed by atoms with Crippen LogP contribution in [0.2, 0.25) is 0 Å². The zero-order valence-electron chi connectivity index (χ0n) is 5.20. The Balaban J connectivity index is 3.47. The van der Waals surface area contributed by atoms with E-state index >= 15 is 0 Å². The fourth-order valence-corrected chi connectivity index (χ4v) is 0.234. The highest BCUT2D eigenvalue weighted by molar-refractivity contribution is 5.76. The van der Waals surface area contributed by atoms with Gasteiger partial charge in [0.25, 0.3) is 0 Å². The molecule has 0 aliphatic rings. The summed E-state index contributed by atoms with van der Waals surface area (Å²) in [6, 6.07) is 0. The van der Waals surface area contributed by atoms with Gasteiger partial charge < -0.3 is 9.47 Å². The molecule has 0 heterocycles. The second-order valence-electron chi connectivity index (χ2n) is 1.13. The predicted octanol–water partition coefficient (Wildman–Crippen LogP) is 0.769. The Bertz CT molecular complexity index is 130. The van der Waals surface area contributed by atoms with Gasteiger partial charge in [-0.1, -0.05) is 0 Å². The van der Waals surface area contributed by atoms with Gasteiger partial charge in [0.05, 0.1) is 6.61 Å². The van der Waals surface area contributed by atoms with Gasteiger partial charge in [-0.05, 0) is 6.92 Å². The topological polar surface area (TPSA) is 82.1 Å². The number of carbonyl (C=O) groups excluding carboxylic acids is 2. The van der Waals surface area contributed by atoms with Gasteiger partial charge in [0.15, 0.2) is 0 Å². The molecule has 6 heteroatoms. The van der Waals surface area contributed by atoms with E-state index < -0.39 is 12.3 Å². The van der Waals surface area contributed by atoms with Crippen LogP contribution in [0.5, 0.6) is 0 Å². The Hall–Kier alpha value is -1.30. The molecular weight excluding hydrogens is 144 g/mol. The number of carbonyl (C=O) groups is 2. The van der Waals surface area contributed by atoms with Gasteiger partial charge in [-0.25, -0.2) is 9.59 Å². The summed E-state index contributed by atoms with van der Waals surface area (Å²) < 4.78 is 7.81. The van der Waals surface area contributed by atoms with Crippen LogP contribution in [0.25, 0.3) is 0 Å². The Morgan fingerprint density at radius 2 is 2.00 bits per heavy atom. The van der Waals surface area contributed by atoms with Crippen molar-refractivity contribution in [3.63, 3.8) is 0 Å². The van der Waals surface area contributed by atoms with Crippen LogP contribution in [0.1, 0.15) is 6.92 Å². The Morgan fingerprint density at radius 1 is 1.40 bits per heavy atom. The minimum Gasteiger partial charge on any atom is -0.434 e. The molecule has 0 radical (unpaired) electrons. The molecule has 0 amide bonds. The highest BCUT2D eigenvalue weighted by Gasteiger charge is 2.11. The highest BCUT2D eigenvalue weighted by Crippen LogP contribution is 1.87. The Labute approximate surface area is 56.2 Å². The van der Waals surface area contributed by atoms with Crippen LogP contribution in [0, 0.1) is 0 Å². The molecule has 10 heavy (non-hydrogen) atoms. The van der Waals surface area contributed by atoms with E-state index in [0.29, 0.717) is 0 Å². The van der Waals surface area contributed by atoms with Crippen LogP contribution < -0.4 is 0 Å². The quantitative estimate of drug-likeness (QED) is 0.257. The molecule has 58 valence electrons. The first kappa shape index (κ1) is 8.70. The summed E-state index contributed by atoms with van der Waals surface area (Å²) in [7, 11) is 0. The lowest BCUT2D eigenvalue weighted by atomic mass is 10.9. The number of hydrogen-bond donors (Lipinski definition) is 1. The van der Waals surface area contributed by atoms with Crippen LogP contribution in [-0.2, 0) is 14.4 Å². The molecule has 0 aromatic carbocycles. The van der Waals surface area contributed by atoms with Crippen molar-refractivity contribution in [3.05, 3.63) is 0 Å². The van der Waals surface area contributed by atoms with E-state index in [-0.39, 0.29) is 6.61 Å². The van der Waals surface area contributed by atoms with Gasteiger partial charge in [0.1, 0.15) is 0 Å². The van der Waals surface area contributed by atoms with Gasteiger partial charge in [-0.15, -0.1) is 0 Å². The first-order valence-electron chi connectivity index (χ1n) is 2.40. The van der Waals surface area contributed by atoms with Gasteiger partial charge in [0.2, 0.25) is 0 Å². The maximum absolute atomic E-state index is 10.2. The molecule has 0 bridgehead atoms. The van der Waals surface area contributed by atoms with E-state index in [1.54, 1.807) is 0 Å². The van der Waals surface area contributed by atoms with E-state index in [9.17, 15) is 9.59 Å². The van der Waals surface area contributed by atoms with E-state index in [1.807, 2.05) is 0 Å². The third-order valence-electron chi connectivity index (χ3n) is 0.503. The van der Waals surface area contributed by atoms with Crippen molar-refractivity contribution in [2.24, 2.45) is 0 Å². The first-order chi connectivity index (χ1) is 4.70. The summed E-state index contributed by atoms with van der Waals surface area (Å²) in [5.41, 5.74) is 0. The fraction of sp³-hybridized carbons (Fsp3) is 0.500. The van der Waals surface area contributed by atoms with E-state index in [0.717, 1.165) is 0 Å². The third-order valence-corrected chi connectivity index (χ3v) is 0.503. The molecule has 0 saturated heterocycles. The molecule has 0 atom stereocenters. The molecule has 0 aliphatic heterocycles. The van der Waals surface area contributed by atoms with Gasteiger partial charge >= 0.3 is 12.3 Å². The minimum absolute atomic E-state index is 0.0809. The molecule has 0 aromatic rings.